The molecule has 0 aliphatic rings. The standard InChI is InChI=1S/C9H13BrN2O2/c1-14-8(5-13)9(11)7-4-6(10)2-3-12-7/h2-4,8-9,13H,5,11H2,1H3. The minimum absolute atomic E-state index is 0.119. The molecular formula is C9H13BrN2O2. The molecule has 5 heteroatoms. The molecule has 0 saturated carbocycles. The van der Waals surface area contributed by atoms with Crippen molar-refractivity contribution in [1.29, 1.82) is 0 Å². The number of methoxy groups -OCH3 is 1. The van der Waals surface area contributed by atoms with Crippen molar-refractivity contribution in [3.63, 3.8) is 0 Å². The molecule has 14 heavy (non-hydrogen) atoms. The van der Waals surface area contributed by atoms with Gasteiger partial charge in [0.1, 0.15) is 6.10 Å². The van der Waals surface area contributed by atoms with E-state index in [0.29, 0.717) is 5.69 Å². The van der Waals surface area contributed by atoms with E-state index >= 15 is 0 Å². The molecule has 78 valence electrons. The Hall–Kier alpha value is -0.490. The van der Waals surface area contributed by atoms with Crippen LogP contribution in [0.5, 0.6) is 0 Å². The second-order valence-electron chi connectivity index (χ2n) is 2.88. The quantitative estimate of drug-likeness (QED) is 0.843. The summed E-state index contributed by atoms with van der Waals surface area (Å²) in [7, 11) is 1.51. The Morgan fingerprint density at radius 2 is 2.43 bits per heavy atom. The molecule has 1 aromatic rings. The van der Waals surface area contributed by atoms with Gasteiger partial charge in [0.15, 0.2) is 0 Å². The fourth-order valence-electron chi connectivity index (χ4n) is 1.13. The van der Waals surface area contributed by atoms with E-state index in [1.807, 2.05) is 12.1 Å². The van der Waals surface area contributed by atoms with Gasteiger partial charge in [0.05, 0.1) is 18.3 Å². The number of ether oxygens (including phenoxy) is 1. The first-order chi connectivity index (χ1) is 6.69. The molecular weight excluding hydrogens is 248 g/mol. The van der Waals surface area contributed by atoms with Gasteiger partial charge in [0.2, 0.25) is 0 Å². The first-order valence-electron chi connectivity index (χ1n) is 4.19. The molecule has 0 fully saturated rings. The first kappa shape index (κ1) is 11.6. The molecule has 0 aliphatic heterocycles. The van der Waals surface area contributed by atoms with Crippen molar-refractivity contribution in [3.05, 3.63) is 28.5 Å². The average molecular weight is 261 g/mol. The molecule has 3 N–H and O–H groups in total. The molecule has 0 aliphatic carbocycles. The van der Waals surface area contributed by atoms with Crippen LogP contribution in [0, 0.1) is 0 Å². The Kier molecular flexibility index (Phi) is 4.47. The van der Waals surface area contributed by atoms with Crippen LogP contribution in [0.3, 0.4) is 0 Å². The van der Waals surface area contributed by atoms with Crippen LogP contribution >= 0.6 is 15.9 Å². The molecule has 0 radical (unpaired) electrons. The van der Waals surface area contributed by atoms with E-state index in [2.05, 4.69) is 20.9 Å². The summed E-state index contributed by atoms with van der Waals surface area (Å²) < 4.78 is 5.93. The maximum atomic E-state index is 8.98. The van der Waals surface area contributed by atoms with Gasteiger partial charge in [-0.15, -0.1) is 0 Å². The van der Waals surface area contributed by atoms with E-state index in [1.54, 1.807) is 6.20 Å². The zero-order valence-corrected chi connectivity index (χ0v) is 9.44. The second-order valence-corrected chi connectivity index (χ2v) is 3.80. The Morgan fingerprint density at radius 1 is 1.71 bits per heavy atom. The Labute approximate surface area is 91.2 Å². The van der Waals surface area contributed by atoms with Gasteiger partial charge in [0.25, 0.3) is 0 Å². The fraction of sp³-hybridized carbons (Fsp3) is 0.444. The number of pyridine rings is 1. The van der Waals surface area contributed by atoms with Crippen molar-refractivity contribution in [1.82, 2.24) is 4.98 Å². The van der Waals surface area contributed by atoms with Gasteiger partial charge in [0, 0.05) is 17.8 Å². The first-order valence-corrected chi connectivity index (χ1v) is 4.99. The highest BCUT2D eigenvalue weighted by Crippen LogP contribution is 2.17. The molecule has 4 nitrogen and oxygen atoms in total. The summed E-state index contributed by atoms with van der Waals surface area (Å²) in [5.74, 6) is 0. The maximum absolute atomic E-state index is 8.98. The van der Waals surface area contributed by atoms with E-state index in [1.165, 1.54) is 7.11 Å². The average Bonchev–Trinajstić information content (AvgIpc) is 2.19. The lowest BCUT2D eigenvalue weighted by molar-refractivity contribution is 0.0299. The van der Waals surface area contributed by atoms with Gasteiger partial charge >= 0.3 is 0 Å². The highest BCUT2D eigenvalue weighted by molar-refractivity contribution is 9.10. The van der Waals surface area contributed by atoms with Crippen molar-refractivity contribution in [2.75, 3.05) is 13.7 Å². The molecule has 0 aromatic carbocycles. The second kappa shape index (κ2) is 5.41. The van der Waals surface area contributed by atoms with E-state index in [4.69, 9.17) is 15.6 Å². The lowest BCUT2D eigenvalue weighted by atomic mass is 10.1. The highest BCUT2D eigenvalue weighted by atomic mass is 79.9. The summed E-state index contributed by atoms with van der Waals surface area (Å²) >= 11 is 3.32. The third-order valence-corrected chi connectivity index (χ3v) is 2.46. The van der Waals surface area contributed by atoms with Crippen LogP contribution in [0.25, 0.3) is 0 Å². The van der Waals surface area contributed by atoms with Crippen molar-refractivity contribution >= 4 is 15.9 Å². The maximum Gasteiger partial charge on any atom is 0.101 e. The van der Waals surface area contributed by atoms with Gasteiger partial charge in [-0.1, -0.05) is 15.9 Å². The van der Waals surface area contributed by atoms with Crippen LogP contribution in [-0.4, -0.2) is 29.9 Å². The smallest absolute Gasteiger partial charge is 0.101 e. The summed E-state index contributed by atoms with van der Waals surface area (Å²) in [6, 6.07) is 3.21. The largest absolute Gasteiger partial charge is 0.394 e. The number of aromatic nitrogens is 1. The molecule has 1 rings (SSSR count). The molecule has 2 unspecified atom stereocenters. The zero-order chi connectivity index (χ0) is 10.6. The number of nitrogens with zero attached hydrogens (tertiary/aromatic N) is 1. The number of aliphatic hydroxyl groups excluding tert-OH is 1. The van der Waals surface area contributed by atoms with E-state index < -0.39 is 12.1 Å². The van der Waals surface area contributed by atoms with Crippen LogP contribution in [0.1, 0.15) is 11.7 Å². The van der Waals surface area contributed by atoms with Gasteiger partial charge in [-0.3, -0.25) is 4.98 Å². The predicted octanol–water partition coefficient (Wildman–Crippen LogP) is 0.851. The number of rotatable bonds is 4. The van der Waals surface area contributed by atoms with Crippen LogP contribution in [-0.2, 0) is 4.74 Å². The minimum Gasteiger partial charge on any atom is -0.394 e. The lowest BCUT2D eigenvalue weighted by Gasteiger charge is -2.19. The topological polar surface area (TPSA) is 68.4 Å². The fourth-order valence-corrected chi connectivity index (χ4v) is 1.48. The number of hydrogen-bond donors (Lipinski definition) is 2. The monoisotopic (exact) mass is 260 g/mol. The summed E-state index contributed by atoms with van der Waals surface area (Å²) in [6.45, 7) is -0.119. The molecule has 1 heterocycles. The van der Waals surface area contributed by atoms with Gasteiger partial charge in [-0.25, -0.2) is 0 Å². The van der Waals surface area contributed by atoms with Crippen molar-refractivity contribution in [2.45, 2.75) is 12.1 Å². The Balaban J connectivity index is 2.82. The summed E-state index contributed by atoms with van der Waals surface area (Å²) in [4.78, 5) is 4.11. The molecule has 2 atom stereocenters. The van der Waals surface area contributed by atoms with Crippen molar-refractivity contribution in [2.24, 2.45) is 5.73 Å². The molecule has 0 saturated heterocycles. The Morgan fingerprint density at radius 3 is 2.93 bits per heavy atom. The van der Waals surface area contributed by atoms with Gasteiger partial charge < -0.3 is 15.6 Å². The zero-order valence-electron chi connectivity index (χ0n) is 7.85. The molecule has 0 bridgehead atoms. The number of halogens is 1. The predicted molar refractivity (Wildman–Crippen MR) is 56.7 cm³/mol. The van der Waals surface area contributed by atoms with Crippen LogP contribution in [0.4, 0.5) is 0 Å². The third kappa shape index (κ3) is 2.75. The molecule has 1 aromatic heterocycles. The van der Waals surface area contributed by atoms with Crippen molar-refractivity contribution < 1.29 is 9.84 Å². The Bertz CT molecular complexity index is 292. The summed E-state index contributed by atoms with van der Waals surface area (Å²) in [5.41, 5.74) is 6.56. The van der Waals surface area contributed by atoms with Crippen LogP contribution < -0.4 is 5.73 Å². The summed E-state index contributed by atoms with van der Waals surface area (Å²) in [5, 5.41) is 8.98. The summed E-state index contributed by atoms with van der Waals surface area (Å²) in [6.07, 6.45) is 1.24. The highest BCUT2D eigenvalue weighted by Gasteiger charge is 2.19. The van der Waals surface area contributed by atoms with Gasteiger partial charge in [-0.2, -0.15) is 0 Å². The molecule has 0 spiro atoms. The number of aliphatic hydroxyl groups is 1. The normalized spacial score (nSPS) is 15.1. The minimum atomic E-state index is -0.420. The SMILES string of the molecule is COC(CO)C(N)c1cc(Br)ccn1. The van der Waals surface area contributed by atoms with Crippen LogP contribution in [0.15, 0.2) is 22.8 Å². The molecule has 0 amide bonds. The van der Waals surface area contributed by atoms with E-state index in [9.17, 15) is 0 Å². The third-order valence-electron chi connectivity index (χ3n) is 1.97. The van der Waals surface area contributed by atoms with Gasteiger partial charge in [-0.05, 0) is 12.1 Å². The van der Waals surface area contributed by atoms with E-state index in [0.717, 1.165) is 4.47 Å². The number of nitrogens with two attached hydrogens (primary N) is 1. The lowest BCUT2D eigenvalue weighted by Crippen LogP contribution is -2.31. The van der Waals surface area contributed by atoms with Crippen LogP contribution in [0.2, 0.25) is 0 Å². The van der Waals surface area contributed by atoms with Crippen molar-refractivity contribution in [3.8, 4) is 0 Å². The number of hydrogen-bond acceptors (Lipinski definition) is 4. The van der Waals surface area contributed by atoms with E-state index in [-0.39, 0.29) is 6.61 Å².